The number of amides is 1. The quantitative estimate of drug-likeness (QED) is 0.513. The zero-order valence-electron chi connectivity index (χ0n) is 9.29. The molecule has 86 valence electrons. The van der Waals surface area contributed by atoms with Gasteiger partial charge in [-0.15, -0.1) is 0 Å². The Labute approximate surface area is 94.6 Å². The van der Waals surface area contributed by atoms with Crippen LogP contribution in [0.1, 0.15) is 29.5 Å². The molecule has 1 atom stereocenters. The minimum Gasteiger partial charge on any atom is -0.312 e. The van der Waals surface area contributed by atoms with Gasteiger partial charge in [0.15, 0.2) is 0 Å². The second kappa shape index (κ2) is 4.63. The Kier molecular flexibility index (Phi) is 3.22. The van der Waals surface area contributed by atoms with Gasteiger partial charge in [0.25, 0.3) is 5.91 Å². The highest BCUT2D eigenvalue weighted by molar-refractivity contribution is 5.82. The summed E-state index contributed by atoms with van der Waals surface area (Å²) in [5.74, 6) is -0.681. The lowest BCUT2D eigenvalue weighted by Gasteiger charge is -2.19. The highest BCUT2D eigenvalue weighted by Gasteiger charge is 2.16. The highest BCUT2D eigenvalue weighted by Crippen LogP contribution is 2.21. The van der Waals surface area contributed by atoms with E-state index in [0.717, 1.165) is 25.1 Å². The van der Waals surface area contributed by atoms with E-state index in [1.54, 1.807) is 12.4 Å². The number of benzene rings is 1. The Morgan fingerprint density at radius 1 is 1.50 bits per heavy atom. The molecule has 0 fully saturated rings. The Morgan fingerprint density at radius 2 is 2.31 bits per heavy atom. The fourth-order valence-electron chi connectivity index (χ4n) is 2.01. The summed E-state index contributed by atoms with van der Waals surface area (Å²) in [5.41, 5.74) is 5.24. The molecule has 0 saturated carbocycles. The predicted octanol–water partition coefficient (Wildman–Crippen LogP) is 0.941. The van der Waals surface area contributed by atoms with Crippen molar-refractivity contribution in [1.29, 1.82) is 0 Å². The second-order valence-corrected chi connectivity index (χ2v) is 4.15. The maximum atomic E-state index is 11.3. The lowest BCUT2D eigenvalue weighted by Crippen LogP contribution is -2.26. The third-order valence-electron chi connectivity index (χ3n) is 3.12. The minimum atomic E-state index is -0.367. The molecule has 1 amide bonds. The van der Waals surface area contributed by atoms with Crippen LogP contribution in [0.5, 0.6) is 0 Å². The summed E-state index contributed by atoms with van der Waals surface area (Å²) in [6, 6.07) is 6.07. The van der Waals surface area contributed by atoms with Gasteiger partial charge in [-0.3, -0.25) is 10.0 Å². The van der Waals surface area contributed by atoms with Crippen LogP contribution in [-0.2, 0) is 17.8 Å². The topological polar surface area (TPSA) is 61.4 Å². The van der Waals surface area contributed by atoms with E-state index in [9.17, 15) is 4.79 Å². The van der Waals surface area contributed by atoms with Crippen molar-refractivity contribution in [2.75, 3.05) is 6.54 Å². The Hall–Kier alpha value is -1.39. The van der Waals surface area contributed by atoms with Gasteiger partial charge in [0.2, 0.25) is 0 Å². The maximum absolute atomic E-state index is 11.3. The molecule has 1 aliphatic heterocycles. The highest BCUT2D eigenvalue weighted by atomic mass is 16.5. The van der Waals surface area contributed by atoms with Crippen molar-refractivity contribution in [2.24, 2.45) is 0 Å². The number of fused-ring (bicyclic) bond motifs is 1. The number of carbonyl (C=O) groups excluding carboxylic acids is 1. The van der Waals surface area contributed by atoms with Gasteiger partial charge >= 0.3 is 0 Å². The van der Waals surface area contributed by atoms with Gasteiger partial charge < -0.3 is 5.32 Å². The Balaban J connectivity index is 2.26. The number of hydrogen-bond donors (Lipinski definition) is 3. The Bertz CT molecular complexity index is 404. The van der Waals surface area contributed by atoms with Crippen LogP contribution in [0.25, 0.3) is 0 Å². The van der Waals surface area contributed by atoms with E-state index < -0.39 is 0 Å². The molecule has 0 spiro atoms. The molecule has 1 aromatic carbocycles. The normalized spacial score (nSPS) is 16.4. The van der Waals surface area contributed by atoms with Crippen LogP contribution in [0.4, 0.5) is 0 Å². The molecule has 1 aromatic rings. The van der Waals surface area contributed by atoms with Crippen molar-refractivity contribution < 1.29 is 10.0 Å². The molecule has 0 aromatic heterocycles. The summed E-state index contributed by atoms with van der Waals surface area (Å²) in [6.07, 6.45) is 0.997. The fraction of sp³-hybridized carbons (Fsp3) is 0.417. The van der Waals surface area contributed by atoms with Crippen LogP contribution >= 0.6 is 0 Å². The first-order chi connectivity index (χ1) is 7.72. The van der Waals surface area contributed by atoms with E-state index in [0.29, 0.717) is 0 Å². The first kappa shape index (κ1) is 11.1. The number of nitrogens with one attached hydrogen (secondary N) is 2. The van der Waals surface area contributed by atoms with Crippen LogP contribution in [0.2, 0.25) is 0 Å². The molecular weight excluding hydrogens is 204 g/mol. The summed E-state index contributed by atoms with van der Waals surface area (Å²) in [5, 5.41) is 11.9. The Morgan fingerprint density at radius 3 is 3.06 bits per heavy atom. The minimum absolute atomic E-state index is 0.315. The summed E-state index contributed by atoms with van der Waals surface area (Å²) < 4.78 is 0. The van der Waals surface area contributed by atoms with Crippen LogP contribution in [0.3, 0.4) is 0 Å². The van der Waals surface area contributed by atoms with E-state index in [1.807, 2.05) is 6.07 Å². The molecule has 1 heterocycles. The van der Waals surface area contributed by atoms with Gasteiger partial charge in [0, 0.05) is 6.54 Å². The standard InChI is InChI=1S/C12H16N2O2/c1-8(12(15)14-16)9-2-3-11-7-13-5-4-10(11)6-9/h2-3,6,8,13,16H,4-5,7H2,1H3,(H,14,15). The molecule has 0 bridgehead atoms. The molecule has 2 rings (SSSR count). The van der Waals surface area contributed by atoms with Crippen molar-refractivity contribution in [3.05, 3.63) is 34.9 Å². The van der Waals surface area contributed by atoms with Crippen molar-refractivity contribution in [1.82, 2.24) is 10.8 Å². The van der Waals surface area contributed by atoms with Crippen LogP contribution in [0, 0.1) is 0 Å². The molecule has 0 aliphatic carbocycles. The molecule has 0 radical (unpaired) electrons. The molecule has 3 N–H and O–H groups in total. The lowest BCUT2D eigenvalue weighted by atomic mass is 9.93. The third kappa shape index (κ3) is 2.08. The van der Waals surface area contributed by atoms with Gasteiger partial charge in [0.05, 0.1) is 5.92 Å². The number of rotatable bonds is 2. The van der Waals surface area contributed by atoms with Crippen LogP contribution in [0.15, 0.2) is 18.2 Å². The predicted molar refractivity (Wildman–Crippen MR) is 60.2 cm³/mol. The molecule has 4 nitrogen and oxygen atoms in total. The molecule has 16 heavy (non-hydrogen) atoms. The van der Waals surface area contributed by atoms with Crippen molar-refractivity contribution in [2.45, 2.75) is 25.8 Å². The maximum Gasteiger partial charge on any atom is 0.250 e. The zero-order valence-corrected chi connectivity index (χ0v) is 9.29. The van der Waals surface area contributed by atoms with E-state index in [2.05, 4.69) is 17.4 Å². The summed E-state index contributed by atoms with van der Waals surface area (Å²) in [4.78, 5) is 11.3. The van der Waals surface area contributed by atoms with Gasteiger partial charge in [-0.1, -0.05) is 18.2 Å². The number of hydrogen-bond acceptors (Lipinski definition) is 3. The molecule has 1 unspecified atom stereocenters. The van der Waals surface area contributed by atoms with E-state index in [4.69, 9.17) is 5.21 Å². The first-order valence-electron chi connectivity index (χ1n) is 5.48. The average molecular weight is 220 g/mol. The number of carbonyl (C=O) groups is 1. The summed E-state index contributed by atoms with van der Waals surface area (Å²) in [7, 11) is 0. The summed E-state index contributed by atoms with van der Waals surface area (Å²) in [6.45, 7) is 3.67. The first-order valence-corrected chi connectivity index (χ1v) is 5.48. The van der Waals surface area contributed by atoms with E-state index in [1.165, 1.54) is 11.1 Å². The molecule has 1 aliphatic rings. The van der Waals surface area contributed by atoms with Crippen LogP contribution < -0.4 is 10.8 Å². The van der Waals surface area contributed by atoms with Gasteiger partial charge in [-0.25, -0.2) is 5.48 Å². The van der Waals surface area contributed by atoms with Crippen molar-refractivity contribution in [3.8, 4) is 0 Å². The zero-order chi connectivity index (χ0) is 11.5. The van der Waals surface area contributed by atoms with Gasteiger partial charge in [-0.05, 0) is 36.6 Å². The molecular formula is C12H16N2O2. The van der Waals surface area contributed by atoms with Gasteiger partial charge in [-0.2, -0.15) is 0 Å². The van der Waals surface area contributed by atoms with E-state index in [-0.39, 0.29) is 11.8 Å². The third-order valence-corrected chi connectivity index (χ3v) is 3.12. The smallest absolute Gasteiger partial charge is 0.250 e. The average Bonchev–Trinajstić information content (AvgIpc) is 2.36. The van der Waals surface area contributed by atoms with Crippen LogP contribution in [-0.4, -0.2) is 17.7 Å². The SMILES string of the molecule is CC(C(=O)NO)c1ccc2c(c1)CCNC2. The molecule has 4 heteroatoms. The second-order valence-electron chi connectivity index (χ2n) is 4.15. The number of hydroxylamine groups is 1. The lowest BCUT2D eigenvalue weighted by molar-refractivity contribution is -0.130. The van der Waals surface area contributed by atoms with Gasteiger partial charge in [0.1, 0.15) is 0 Å². The van der Waals surface area contributed by atoms with E-state index >= 15 is 0 Å². The van der Waals surface area contributed by atoms with Crippen molar-refractivity contribution >= 4 is 5.91 Å². The largest absolute Gasteiger partial charge is 0.312 e. The molecule has 0 saturated heterocycles. The monoisotopic (exact) mass is 220 g/mol. The fourth-order valence-corrected chi connectivity index (χ4v) is 2.01. The summed E-state index contributed by atoms with van der Waals surface area (Å²) >= 11 is 0. The van der Waals surface area contributed by atoms with Crippen molar-refractivity contribution in [3.63, 3.8) is 0 Å².